The van der Waals surface area contributed by atoms with E-state index in [-0.39, 0.29) is 24.0 Å². The molecular formula is C17H21IN6O. The zero-order valence-electron chi connectivity index (χ0n) is 13.9. The van der Waals surface area contributed by atoms with E-state index >= 15 is 0 Å². The lowest BCUT2D eigenvalue weighted by Crippen LogP contribution is -2.38. The molecule has 7 nitrogen and oxygen atoms in total. The molecule has 3 aromatic rings. The van der Waals surface area contributed by atoms with E-state index < -0.39 is 0 Å². The summed E-state index contributed by atoms with van der Waals surface area (Å²) in [5, 5.41) is 14.7. The number of nitrogens with one attached hydrogen (secondary N) is 2. The highest BCUT2D eigenvalue weighted by atomic mass is 127. The van der Waals surface area contributed by atoms with E-state index in [1.165, 1.54) is 0 Å². The number of rotatable bonds is 6. The third-order valence-corrected chi connectivity index (χ3v) is 3.53. The molecule has 25 heavy (non-hydrogen) atoms. The van der Waals surface area contributed by atoms with Crippen LogP contribution < -0.4 is 10.6 Å². The lowest BCUT2D eigenvalue weighted by Gasteiger charge is -2.12. The van der Waals surface area contributed by atoms with E-state index in [1.807, 2.05) is 47.0 Å². The molecule has 3 rings (SSSR count). The number of guanidine groups is 1. The van der Waals surface area contributed by atoms with Gasteiger partial charge in [-0.05, 0) is 24.3 Å². The molecule has 0 fully saturated rings. The summed E-state index contributed by atoms with van der Waals surface area (Å²) < 4.78 is 7.26. The number of benzene rings is 1. The molecule has 2 aromatic heterocycles. The van der Waals surface area contributed by atoms with Crippen molar-refractivity contribution in [2.45, 2.75) is 13.0 Å². The van der Waals surface area contributed by atoms with Gasteiger partial charge < -0.3 is 15.1 Å². The first-order chi connectivity index (χ1) is 11.9. The van der Waals surface area contributed by atoms with Crippen LogP contribution in [-0.2, 0) is 13.0 Å². The number of aromatic nitrogens is 3. The summed E-state index contributed by atoms with van der Waals surface area (Å²) in [6, 6.07) is 13.8. The summed E-state index contributed by atoms with van der Waals surface area (Å²) in [5.74, 6) is 2.47. The molecule has 0 unspecified atom stereocenters. The van der Waals surface area contributed by atoms with Gasteiger partial charge in [0.05, 0.1) is 12.8 Å². The van der Waals surface area contributed by atoms with Gasteiger partial charge in [0.1, 0.15) is 12.1 Å². The van der Waals surface area contributed by atoms with Crippen LogP contribution in [0.5, 0.6) is 0 Å². The average Bonchev–Trinajstić information content (AvgIpc) is 3.30. The van der Waals surface area contributed by atoms with Crippen LogP contribution in [-0.4, -0.2) is 34.3 Å². The Balaban J connectivity index is 0.00000225. The fraction of sp³-hybridized carbons (Fsp3) is 0.235. The normalized spacial score (nSPS) is 11.0. The maximum Gasteiger partial charge on any atom is 0.191 e. The summed E-state index contributed by atoms with van der Waals surface area (Å²) in [4.78, 5) is 4.22. The van der Waals surface area contributed by atoms with Crippen LogP contribution >= 0.6 is 24.0 Å². The van der Waals surface area contributed by atoms with E-state index in [0.717, 1.165) is 30.2 Å². The smallest absolute Gasteiger partial charge is 0.191 e. The van der Waals surface area contributed by atoms with E-state index in [2.05, 4.69) is 25.8 Å². The number of hydrogen-bond acceptors (Lipinski definition) is 4. The van der Waals surface area contributed by atoms with Crippen LogP contribution in [0.25, 0.3) is 5.69 Å². The Morgan fingerprint density at radius 3 is 2.72 bits per heavy atom. The molecule has 0 radical (unpaired) electrons. The Labute approximate surface area is 163 Å². The molecule has 0 bridgehead atoms. The van der Waals surface area contributed by atoms with Crippen molar-refractivity contribution in [1.29, 1.82) is 0 Å². The lowest BCUT2D eigenvalue weighted by atomic mass is 10.3. The second-order valence-corrected chi connectivity index (χ2v) is 5.13. The lowest BCUT2D eigenvalue weighted by molar-refractivity contribution is 0.506. The Bertz CT molecular complexity index is 770. The van der Waals surface area contributed by atoms with E-state index in [4.69, 9.17) is 4.42 Å². The first-order valence-electron chi connectivity index (χ1n) is 7.78. The molecule has 0 amide bonds. The molecule has 0 aliphatic carbocycles. The highest BCUT2D eigenvalue weighted by Gasteiger charge is 2.07. The third kappa shape index (κ3) is 5.31. The fourth-order valence-corrected chi connectivity index (χ4v) is 2.33. The monoisotopic (exact) mass is 452 g/mol. The zero-order valence-corrected chi connectivity index (χ0v) is 16.3. The number of furan rings is 1. The van der Waals surface area contributed by atoms with Crippen LogP contribution in [0.3, 0.4) is 0 Å². The van der Waals surface area contributed by atoms with Gasteiger partial charge in [-0.15, -0.1) is 34.2 Å². The molecular weight excluding hydrogens is 431 g/mol. The Hall–Kier alpha value is -2.36. The topological polar surface area (TPSA) is 80.3 Å². The van der Waals surface area contributed by atoms with Gasteiger partial charge in [0.15, 0.2) is 11.8 Å². The molecule has 8 heteroatoms. The SMILES string of the molecule is CN=C(NCCc1ccco1)NCc1nncn1-c1ccccc1.I. The van der Waals surface area contributed by atoms with Crippen LogP contribution in [0.1, 0.15) is 11.6 Å². The van der Waals surface area contributed by atoms with Crippen molar-refractivity contribution in [3.05, 3.63) is 66.6 Å². The molecule has 0 saturated heterocycles. The molecule has 2 N–H and O–H groups in total. The van der Waals surface area contributed by atoms with Crippen molar-refractivity contribution in [2.75, 3.05) is 13.6 Å². The summed E-state index contributed by atoms with van der Waals surface area (Å²) in [7, 11) is 1.74. The average molecular weight is 452 g/mol. The van der Waals surface area contributed by atoms with Crippen LogP contribution in [0.15, 0.2) is 64.5 Å². The van der Waals surface area contributed by atoms with E-state index in [9.17, 15) is 0 Å². The quantitative estimate of drug-likeness (QED) is 0.341. The van der Waals surface area contributed by atoms with Crippen molar-refractivity contribution in [1.82, 2.24) is 25.4 Å². The number of para-hydroxylation sites is 1. The predicted octanol–water partition coefficient (Wildman–Crippen LogP) is 2.39. The second-order valence-electron chi connectivity index (χ2n) is 5.13. The number of nitrogens with zero attached hydrogens (tertiary/aromatic N) is 4. The van der Waals surface area contributed by atoms with Gasteiger partial charge >= 0.3 is 0 Å². The molecule has 1 aromatic carbocycles. The van der Waals surface area contributed by atoms with Crippen molar-refractivity contribution < 1.29 is 4.42 Å². The zero-order chi connectivity index (χ0) is 16.6. The first-order valence-corrected chi connectivity index (χ1v) is 7.78. The van der Waals surface area contributed by atoms with Gasteiger partial charge in [0.2, 0.25) is 0 Å². The number of hydrogen-bond donors (Lipinski definition) is 2. The van der Waals surface area contributed by atoms with Gasteiger partial charge in [-0.1, -0.05) is 18.2 Å². The molecule has 0 aliphatic heterocycles. The molecule has 132 valence electrons. The number of aliphatic imine (C=N–C) groups is 1. The summed E-state index contributed by atoms with van der Waals surface area (Å²) in [6.07, 6.45) is 4.19. The van der Waals surface area contributed by atoms with Gasteiger partial charge in [0.25, 0.3) is 0 Å². The van der Waals surface area contributed by atoms with Gasteiger partial charge in [-0.2, -0.15) is 0 Å². The first kappa shape index (κ1) is 19.0. The van der Waals surface area contributed by atoms with Crippen molar-refractivity contribution in [2.24, 2.45) is 4.99 Å². The second kappa shape index (κ2) is 9.82. The van der Waals surface area contributed by atoms with Crippen molar-refractivity contribution >= 4 is 29.9 Å². The predicted molar refractivity (Wildman–Crippen MR) is 107 cm³/mol. The minimum atomic E-state index is 0. The maximum absolute atomic E-state index is 5.31. The van der Waals surface area contributed by atoms with Crippen LogP contribution in [0, 0.1) is 0 Å². The van der Waals surface area contributed by atoms with Gasteiger partial charge in [-0.25, -0.2) is 0 Å². The fourth-order valence-electron chi connectivity index (χ4n) is 2.33. The maximum atomic E-state index is 5.31. The summed E-state index contributed by atoms with van der Waals surface area (Å²) in [6.45, 7) is 1.26. The Kier molecular flexibility index (Phi) is 7.45. The van der Waals surface area contributed by atoms with E-state index in [0.29, 0.717) is 12.5 Å². The standard InChI is InChI=1S/C17H20N6O.HI/c1-18-17(19-10-9-15-8-5-11-24-15)20-12-16-22-21-13-23(16)14-6-3-2-4-7-14;/h2-8,11,13H,9-10,12H2,1H3,(H2,18,19,20);1H. The van der Waals surface area contributed by atoms with E-state index in [1.54, 1.807) is 19.6 Å². The van der Waals surface area contributed by atoms with Gasteiger partial charge in [-0.3, -0.25) is 9.56 Å². The van der Waals surface area contributed by atoms with Crippen LogP contribution in [0.4, 0.5) is 0 Å². The summed E-state index contributed by atoms with van der Waals surface area (Å²) >= 11 is 0. The van der Waals surface area contributed by atoms with Crippen LogP contribution in [0.2, 0.25) is 0 Å². The molecule has 0 saturated carbocycles. The molecule has 2 heterocycles. The largest absolute Gasteiger partial charge is 0.469 e. The number of halogens is 1. The minimum absolute atomic E-state index is 0. The third-order valence-electron chi connectivity index (χ3n) is 3.53. The highest BCUT2D eigenvalue weighted by Crippen LogP contribution is 2.08. The van der Waals surface area contributed by atoms with Gasteiger partial charge in [0, 0.05) is 25.7 Å². The molecule has 0 atom stereocenters. The Morgan fingerprint density at radius 2 is 2.00 bits per heavy atom. The summed E-state index contributed by atoms with van der Waals surface area (Å²) in [5.41, 5.74) is 1.03. The van der Waals surface area contributed by atoms with Crippen molar-refractivity contribution in [3.63, 3.8) is 0 Å². The Morgan fingerprint density at radius 1 is 1.16 bits per heavy atom. The van der Waals surface area contributed by atoms with Crippen molar-refractivity contribution in [3.8, 4) is 5.69 Å². The molecule has 0 spiro atoms. The highest BCUT2D eigenvalue weighted by molar-refractivity contribution is 14.0. The molecule has 0 aliphatic rings. The minimum Gasteiger partial charge on any atom is -0.469 e.